The van der Waals surface area contributed by atoms with Crippen LogP contribution < -0.4 is 10.0 Å². The van der Waals surface area contributed by atoms with Gasteiger partial charge in [0, 0.05) is 29.1 Å². The summed E-state index contributed by atoms with van der Waals surface area (Å²) < 4.78 is 24.7. The van der Waals surface area contributed by atoms with Crippen LogP contribution in [-0.2, 0) is 19.7 Å². The average Bonchev–Trinajstić information content (AvgIpc) is 3.81. The Labute approximate surface area is 308 Å². The fourth-order valence-electron chi connectivity index (χ4n) is 4.67. The Morgan fingerprint density at radius 3 is 1.50 bits per heavy atom. The highest BCUT2D eigenvalue weighted by Crippen LogP contribution is 2.36. The molecule has 8 heteroatoms. The minimum absolute atomic E-state index is 0. The SMILES string of the molecule is C.C.C.CC(C)C(=O)NC1CCCCC1.CC(C)C(C)(C)C.CC(C)NS(=O)(=O)C1CC1.CC(C)ON=C1c2ccccc2-c2ccccc21. The number of hydrogen-bond donors (Lipinski definition) is 2. The highest BCUT2D eigenvalue weighted by Gasteiger charge is 2.35. The van der Waals surface area contributed by atoms with Crippen LogP contribution in [0.4, 0.5) is 0 Å². The monoisotopic (exact) mass is 718 g/mol. The standard InChI is InChI=1S/C16H15NO.C10H19NO.C7H16.C6H13NO2S.3CH4/c1-11(2)18-17-16-14-9-5-3-7-12(14)13-8-4-6-10-15(13)16;1-8(2)10(12)11-9-6-4-3-5-7-9;1-6(2)7(3,4)5;1-5(2)7-10(8,9)6-3-4-6;;;/h3-11H,1-2H3;8-9H,3-7H2,1-2H3,(H,11,12);6H,1-5H3;5-7H,3-4H2,1-2H3;3*1H4. The van der Waals surface area contributed by atoms with Crippen molar-refractivity contribution in [3.05, 3.63) is 59.7 Å². The summed E-state index contributed by atoms with van der Waals surface area (Å²) in [6.45, 7) is 22.8. The van der Waals surface area contributed by atoms with E-state index in [4.69, 9.17) is 4.84 Å². The van der Waals surface area contributed by atoms with Gasteiger partial charge in [0.25, 0.3) is 0 Å². The van der Waals surface area contributed by atoms with E-state index in [0.29, 0.717) is 11.5 Å². The number of nitrogens with zero attached hydrogens (tertiary/aromatic N) is 1. The van der Waals surface area contributed by atoms with E-state index in [1.54, 1.807) is 0 Å². The van der Waals surface area contributed by atoms with Crippen LogP contribution in [0.3, 0.4) is 0 Å². The summed E-state index contributed by atoms with van der Waals surface area (Å²) in [5.41, 5.74) is 6.21. The minimum atomic E-state index is -2.94. The topological polar surface area (TPSA) is 96.9 Å². The van der Waals surface area contributed by atoms with Crippen LogP contribution in [0, 0.1) is 17.3 Å². The number of sulfonamides is 1. The Balaban J connectivity index is 0. The lowest BCUT2D eigenvalue weighted by molar-refractivity contribution is -0.124. The second-order valence-corrected chi connectivity index (χ2v) is 17.2. The fraction of sp³-hybridized carbons (Fsp3) is 0.667. The first-order chi connectivity index (χ1) is 21.9. The molecule has 3 aliphatic carbocycles. The Kier molecular flexibility index (Phi) is 22.7. The third kappa shape index (κ3) is 17.0. The molecule has 2 aromatic carbocycles. The average molecular weight is 718 g/mol. The van der Waals surface area contributed by atoms with E-state index in [1.807, 2.05) is 53.7 Å². The molecule has 0 saturated heterocycles. The van der Waals surface area contributed by atoms with Gasteiger partial charge in [-0.25, -0.2) is 13.1 Å². The zero-order chi connectivity index (χ0) is 35.4. The van der Waals surface area contributed by atoms with Gasteiger partial charge in [0.05, 0.1) is 5.25 Å². The number of hydrogen-bond acceptors (Lipinski definition) is 5. The maximum absolute atomic E-state index is 11.3. The third-order valence-corrected chi connectivity index (χ3v) is 10.7. The number of benzene rings is 2. The summed E-state index contributed by atoms with van der Waals surface area (Å²) in [5, 5.41) is 7.31. The van der Waals surface area contributed by atoms with Gasteiger partial charge in [-0.15, -0.1) is 0 Å². The van der Waals surface area contributed by atoms with E-state index in [2.05, 4.69) is 86.2 Å². The lowest BCUT2D eigenvalue weighted by Crippen LogP contribution is -2.38. The normalized spacial score (nSPS) is 14.9. The molecule has 2 saturated carbocycles. The second-order valence-electron chi connectivity index (χ2n) is 15.2. The van der Waals surface area contributed by atoms with Crippen LogP contribution in [0.1, 0.15) is 155 Å². The number of rotatable bonds is 7. The molecule has 0 atom stereocenters. The zero-order valence-corrected chi connectivity index (χ0v) is 31.8. The number of oxime groups is 1. The largest absolute Gasteiger partial charge is 0.393 e. The molecule has 0 radical (unpaired) electrons. The Morgan fingerprint density at radius 2 is 1.16 bits per heavy atom. The summed E-state index contributed by atoms with van der Waals surface area (Å²) in [4.78, 5) is 16.7. The van der Waals surface area contributed by atoms with E-state index in [0.717, 1.165) is 35.6 Å². The van der Waals surface area contributed by atoms with Crippen molar-refractivity contribution in [2.45, 2.75) is 167 Å². The maximum Gasteiger partial charge on any atom is 0.222 e. The zero-order valence-electron chi connectivity index (χ0n) is 31.0. The van der Waals surface area contributed by atoms with Crippen molar-refractivity contribution in [2.24, 2.45) is 22.4 Å². The molecule has 0 bridgehead atoms. The van der Waals surface area contributed by atoms with Gasteiger partial charge in [-0.05, 0) is 75.8 Å². The van der Waals surface area contributed by atoms with Crippen LogP contribution in [0.15, 0.2) is 53.7 Å². The van der Waals surface area contributed by atoms with E-state index in [-0.39, 0.29) is 51.5 Å². The molecular weight excluding hydrogens is 643 g/mol. The first-order valence-electron chi connectivity index (χ1n) is 17.7. The summed E-state index contributed by atoms with van der Waals surface area (Å²) in [7, 11) is -2.94. The smallest absolute Gasteiger partial charge is 0.222 e. The summed E-state index contributed by atoms with van der Waals surface area (Å²) in [6, 6.07) is 17.1. The highest BCUT2D eigenvalue weighted by atomic mass is 32.2. The lowest BCUT2D eigenvalue weighted by Gasteiger charge is -2.23. The van der Waals surface area contributed by atoms with Gasteiger partial charge in [-0.2, -0.15) is 0 Å². The number of nitrogens with one attached hydrogen (secondary N) is 2. The summed E-state index contributed by atoms with van der Waals surface area (Å²) in [5.74, 6) is 1.14. The van der Waals surface area contributed by atoms with Crippen LogP contribution in [0.25, 0.3) is 11.1 Å². The molecular formula is C42H75N3O4S. The van der Waals surface area contributed by atoms with Crippen molar-refractivity contribution in [1.29, 1.82) is 0 Å². The van der Waals surface area contributed by atoms with Crippen molar-refractivity contribution in [3.8, 4) is 11.1 Å². The van der Waals surface area contributed by atoms with Crippen LogP contribution in [-0.4, -0.2) is 43.5 Å². The Bertz CT molecular complexity index is 1330. The lowest BCUT2D eigenvalue weighted by atomic mass is 9.84. The van der Waals surface area contributed by atoms with Crippen LogP contribution in [0.2, 0.25) is 0 Å². The van der Waals surface area contributed by atoms with Gasteiger partial charge in [0.15, 0.2) is 0 Å². The summed E-state index contributed by atoms with van der Waals surface area (Å²) >= 11 is 0. The molecule has 50 heavy (non-hydrogen) atoms. The predicted octanol–water partition coefficient (Wildman–Crippen LogP) is 11.0. The molecule has 0 spiro atoms. The molecule has 2 N–H and O–H groups in total. The molecule has 288 valence electrons. The van der Waals surface area contributed by atoms with Crippen molar-refractivity contribution in [2.75, 3.05) is 0 Å². The van der Waals surface area contributed by atoms with Gasteiger partial charge in [-0.3, -0.25) is 4.79 Å². The fourth-order valence-corrected chi connectivity index (χ4v) is 6.27. The molecule has 2 aromatic rings. The van der Waals surface area contributed by atoms with Crippen molar-refractivity contribution in [3.63, 3.8) is 0 Å². The molecule has 5 rings (SSSR count). The van der Waals surface area contributed by atoms with E-state index in [1.165, 1.54) is 43.2 Å². The molecule has 1 amide bonds. The Hall–Kier alpha value is -2.71. The van der Waals surface area contributed by atoms with E-state index >= 15 is 0 Å². The van der Waals surface area contributed by atoms with Crippen molar-refractivity contribution >= 4 is 21.6 Å². The number of carbonyl (C=O) groups excluding carboxylic acids is 1. The van der Waals surface area contributed by atoms with Gasteiger partial charge in [-0.1, -0.05) is 144 Å². The number of amides is 1. The van der Waals surface area contributed by atoms with Gasteiger partial charge in [0.2, 0.25) is 15.9 Å². The molecule has 0 aliphatic heterocycles. The van der Waals surface area contributed by atoms with Crippen LogP contribution >= 0.6 is 0 Å². The molecule has 0 unspecified atom stereocenters. The molecule has 0 heterocycles. The minimum Gasteiger partial charge on any atom is -0.393 e. The van der Waals surface area contributed by atoms with Gasteiger partial charge in [0.1, 0.15) is 11.8 Å². The van der Waals surface area contributed by atoms with Crippen molar-refractivity contribution in [1.82, 2.24) is 10.0 Å². The Morgan fingerprint density at radius 1 is 0.740 bits per heavy atom. The van der Waals surface area contributed by atoms with Gasteiger partial charge < -0.3 is 10.2 Å². The number of fused-ring (bicyclic) bond motifs is 3. The molecule has 2 fully saturated rings. The molecule has 0 aromatic heterocycles. The number of carbonyl (C=O) groups is 1. The highest BCUT2D eigenvalue weighted by molar-refractivity contribution is 7.90. The first-order valence-corrected chi connectivity index (χ1v) is 19.2. The maximum atomic E-state index is 11.3. The first kappa shape index (κ1) is 49.4. The van der Waals surface area contributed by atoms with Gasteiger partial charge >= 0.3 is 0 Å². The van der Waals surface area contributed by atoms with E-state index < -0.39 is 10.0 Å². The second kappa shape index (κ2) is 23.0. The molecule has 3 aliphatic rings. The summed E-state index contributed by atoms with van der Waals surface area (Å²) in [6.07, 6.45) is 8.03. The third-order valence-electron chi connectivity index (χ3n) is 8.58. The molecule has 7 nitrogen and oxygen atoms in total. The quantitative estimate of drug-likeness (QED) is 0.238. The van der Waals surface area contributed by atoms with Crippen LogP contribution in [0.5, 0.6) is 0 Å². The van der Waals surface area contributed by atoms with Crippen molar-refractivity contribution < 1.29 is 18.0 Å². The predicted molar refractivity (Wildman–Crippen MR) is 218 cm³/mol. The van der Waals surface area contributed by atoms with E-state index in [9.17, 15) is 13.2 Å².